The van der Waals surface area contributed by atoms with Gasteiger partial charge in [0.15, 0.2) is 0 Å². The topological polar surface area (TPSA) is 72.9 Å². The van der Waals surface area contributed by atoms with Crippen LogP contribution in [0.2, 0.25) is 0 Å². The standard InChI is InChI=1S/C15H18N4O/c1-9-13(8-17-19(9)2)15(20)18-14-6-3-10-7-11(16)4-5-12(10)14/h4-5,7-8,14H,3,6,16H2,1-2H3,(H,18,20). The molecule has 0 spiro atoms. The van der Waals surface area contributed by atoms with Crippen molar-refractivity contribution in [1.29, 1.82) is 0 Å². The molecule has 3 rings (SSSR count). The van der Waals surface area contributed by atoms with Crippen LogP contribution < -0.4 is 11.1 Å². The minimum atomic E-state index is -0.0646. The Balaban J connectivity index is 1.81. The Bertz CT molecular complexity index is 675. The monoisotopic (exact) mass is 270 g/mol. The van der Waals surface area contributed by atoms with Gasteiger partial charge in [-0.3, -0.25) is 9.48 Å². The largest absolute Gasteiger partial charge is 0.399 e. The molecule has 20 heavy (non-hydrogen) atoms. The highest BCUT2D eigenvalue weighted by Crippen LogP contribution is 2.32. The summed E-state index contributed by atoms with van der Waals surface area (Å²) in [4.78, 5) is 12.3. The molecule has 1 amide bonds. The van der Waals surface area contributed by atoms with Crippen molar-refractivity contribution in [3.63, 3.8) is 0 Å². The van der Waals surface area contributed by atoms with Gasteiger partial charge >= 0.3 is 0 Å². The van der Waals surface area contributed by atoms with Crippen LogP contribution in [0.3, 0.4) is 0 Å². The molecular formula is C15H18N4O. The molecule has 0 saturated heterocycles. The van der Waals surface area contributed by atoms with E-state index in [1.54, 1.807) is 10.9 Å². The van der Waals surface area contributed by atoms with Gasteiger partial charge in [-0.25, -0.2) is 0 Å². The van der Waals surface area contributed by atoms with Gasteiger partial charge in [-0.05, 0) is 43.0 Å². The fraction of sp³-hybridized carbons (Fsp3) is 0.333. The summed E-state index contributed by atoms with van der Waals surface area (Å²) in [7, 11) is 1.83. The average molecular weight is 270 g/mol. The number of hydrogen-bond acceptors (Lipinski definition) is 3. The third-order valence-electron chi connectivity index (χ3n) is 4.03. The highest BCUT2D eigenvalue weighted by Gasteiger charge is 2.25. The molecule has 1 unspecified atom stereocenters. The third kappa shape index (κ3) is 2.05. The molecule has 1 aromatic carbocycles. The highest BCUT2D eigenvalue weighted by molar-refractivity contribution is 5.95. The molecule has 1 aromatic heterocycles. The van der Waals surface area contributed by atoms with Crippen molar-refractivity contribution in [2.75, 3.05) is 5.73 Å². The number of carbonyl (C=O) groups excluding carboxylic acids is 1. The summed E-state index contributed by atoms with van der Waals surface area (Å²) in [5, 5.41) is 7.20. The lowest BCUT2D eigenvalue weighted by atomic mass is 10.1. The van der Waals surface area contributed by atoms with E-state index in [2.05, 4.69) is 10.4 Å². The van der Waals surface area contributed by atoms with E-state index < -0.39 is 0 Å². The van der Waals surface area contributed by atoms with E-state index in [1.165, 1.54) is 11.1 Å². The van der Waals surface area contributed by atoms with Crippen LogP contribution in [-0.4, -0.2) is 15.7 Å². The first-order valence-electron chi connectivity index (χ1n) is 6.74. The number of nitrogen functional groups attached to an aromatic ring is 1. The summed E-state index contributed by atoms with van der Waals surface area (Å²) in [6.07, 6.45) is 3.49. The van der Waals surface area contributed by atoms with Gasteiger partial charge in [0.1, 0.15) is 0 Å². The Morgan fingerprint density at radius 2 is 2.30 bits per heavy atom. The SMILES string of the molecule is Cc1c(C(=O)NC2CCc3cc(N)ccc32)cnn1C. The molecule has 0 radical (unpaired) electrons. The zero-order valence-electron chi connectivity index (χ0n) is 11.7. The molecule has 1 aliphatic rings. The zero-order valence-corrected chi connectivity index (χ0v) is 11.7. The first-order chi connectivity index (χ1) is 9.56. The second-order valence-electron chi connectivity index (χ2n) is 5.29. The van der Waals surface area contributed by atoms with Crippen molar-refractivity contribution >= 4 is 11.6 Å². The summed E-state index contributed by atoms with van der Waals surface area (Å²) in [6, 6.07) is 5.96. The first kappa shape index (κ1) is 12.7. The normalized spacial score (nSPS) is 17.0. The zero-order chi connectivity index (χ0) is 14.3. The molecule has 104 valence electrons. The van der Waals surface area contributed by atoms with Gasteiger partial charge < -0.3 is 11.1 Å². The summed E-state index contributed by atoms with van der Waals surface area (Å²) >= 11 is 0. The number of hydrogen-bond donors (Lipinski definition) is 2. The number of amides is 1. The Morgan fingerprint density at radius 1 is 1.50 bits per heavy atom. The van der Waals surface area contributed by atoms with Crippen LogP contribution >= 0.6 is 0 Å². The molecule has 1 atom stereocenters. The first-order valence-corrected chi connectivity index (χ1v) is 6.74. The van der Waals surface area contributed by atoms with Crippen LogP contribution in [-0.2, 0) is 13.5 Å². The lowest BCUT2D eigenvalue weighted by molar-refractivity contribution is 0.0936. The van der Waals surface area contributed by atoms with E-state index >= 15 is 0 Å². The van der Waals surface area contributed by atoms with Crippen molar-refractivity contribution in [2.45, 2.75) is 25.8 Å². The summed E-state index contributed by atoms with van der Waals surface area (Å²) in [5.74, 6) is -0.0646. The van der Waals surface area contributed by atoms with Crippen LogP contribution in [0.5, 0.6) is 0 Å². The van der Waals surface area contributed by atoms with Gasteiger partial charge in [0.05, 0.1) is 17.8 Å². The van der Waals surface area contributed by atoms with E-state index in [0.717, 1.165) is 24.2 Å². The number of nitrogens with one attached hydrogen (secondary N) is 1. The minimum absolute atomic E-state index is 0.0646. The van der Waals surface area contributed by atoms with E-state index in [4.69, 9.17) is 5.73 Å². The molecule has 0 bridgehead atoms. The predicted octanol–water partition coefficient (Wildman–Crippen LogP) is 1.73. The van der Waals surface area contributed by atoms with Crippen molar-refractivity contribution in [3.8, 4) is 0 Å². The van der Waals surface area contributed by atoms with E-state index in [9.17, 15) is 4.79 Å². The maximum Gasteiger partial charge on any atom is 0.255 e. The average Bonchev–Trinajstić information content (AvgIpc) is 2.95. The number of nitrogens with two attached hydrogens (primary N) is 1. The van der Waals surface area contributed by atoms with Crippen molar-refractivity contribution in [1.82, 2.24) is 15.1 Å². The van der Waals surface area contributed by atoms with Gasteiger partial charge in [0, 0.05) is 18.4 Å². The van der Waals surface area contributed by atoms with E-state index in [-0.39, 0.29) is 11.9 Å². The number of benzene rings is 1. The highest BCUT2D eigenvalue weighted by atomic mass is 16.1. The molecule has 2 aromatic rings. The number of carbonyl (C=O) groups is 1. The minimum Gasteiger partial charge on any atom is -0.399 e. The molecule has 0 fully saturated rings. The molecule has 0 aliphatic heterocycles. The summed E-state index contributed by atoms with van der Waals surface area (Å²) in [5.41, 5.74) is 10.5. The third-order valence-corrected chi connectivity index (χ3v) is 4.03. The van der Waals surface area contributed by atoms with Crippen LogP contribution in [0, 0.1) is 6.92 Å². The van der Waals surface area contributed by atoms with Crippen molar-refractivity contribution in [2.24, 2.45) is 7.05 Å². The van der Waals surface area contributed by atoms with Crippen LogP contribution in [0.4, 0.5) is 5.69 Å². The van der Waals surface area contributed by atoms with Crippen molar-refractivity contribution in [3.05, 3.63) is 46.8 Å². The second-order valence-corrected chi connectivity index (χ2v) is 5.29. The smallest absolute Gasteiger partial charge is 0.255 e. The molecule has 1 heterocycles. The summed E-state index contributed by atoms with van der Waals surface area (Å²) in [6.45, 7) is 1.89. The van der Waals surface area contributed by atoms with E-state index in [0.29, 0.717) is 5.56 Å². The van der Waals surface area contributed by atoms with Crippen LogP contribution in [0.25, 0.3) is 0 Å². The Labute approximate surface area is 117 Å². The molecular weight excluding hydrogens is 252 g/mol. The molecule has 3 N–H and O–H groups in total. The molecule has 5 heteroatoms. The summed E-state index contributed by atoms with van der Waals surface area (Å²) < 4.78 is 1.71. The second kappa shape index (κ2) is 4.67. The van der Waals surface area contributed by atoms with Crippen molar-refractivity contribution < 1.29 is 4.79 Å². The number of rotatable bonds is 2. The molecule has 5 nitrogen and oxygen atoms in total. The fourth-order valence-electron chi connectivity index (χ4n) is 2.74. The maximum atomic E-state index is 12.3. The van der Waals surface area contributed by atoms with Gasteiger partial charge in [0.25, 0.3) is 5.91 Å². The predicted molar refractivity (Wildman–Crippen MR) is 77.3 cm³/mol. The lowest BCUT2D eigenvalue weighted by Gasteiger charge is -2.14. The maximum absolute atomic E-state index is 12.3. The molecule has 0 saturated carbocycles. The quantitative estimate of drug-likeness (QED) is 0.816. The fourth-order valence-corrected chi connectivity index (χ4v) is 2.74. The lowest BCUT2D eigenvalue weighted by Crippen LogP contribution is -2.27. The number of aromatic nitrogens is 2. The van der Waals surface area contributed by atoms with Crippen LogP contribution in [0.1, 0.15) is 39.6 Å². The van der Waals surface area contributed by atoms with Gasteiger partial charge in [-0.2, -0.15) is 5.10 Å². The molecule has 1 aliphatic carbocycles. The Morgan fingerprint density at radius 3 is 3.00 bits per heavy atom. The van der Waals surface area contributed by atoms with Crippen LogP contribution in [0.15, 0.2) is 24.4 Å². The van der Waals surface area contributed by atoms with E-state index in [1.807, 2.05) is 32.2 Å². The number of fused-ring (bicyclic) bond motifs is 1. The Hall–Kier alpha value is -2.30. The van der Waals surface area contributed by atoms with Gasteiger partial charge in [-0.15, -0.1) is 0 Å². The number of nitrogens with zero attached hydrogens (tertiary/aromatic N) is 2. The number of anilines is 1. The number of aryl methyl sites for hydroxylation is 2. The van der Waals surface area contributed by atoms with Gasteiger partial charge in [0.2, 0.25) is 0 Å². The Kier molecular flexibility index (Phi) is 2.97. The van der Waals surface area contributed by atoms with Gasteiger partial charge in [-0.1, -0.05) is 6.07 Å².